The molecule has 11 heteroatoms. The standard InChI is InChI=1S/C29H38N4O7/c1-18(2)15-24(29(39)40)33-27(37)22(13-14-25(34)35)31-28(38)23(17-20-11-7-4-8-12-20)32-26(36)21(30)16-19-9-5-3-6-10-19/h3-12,18,21-24H,13-17,30H2,1-2H3,(H,31,38)(H,32,36)(H,33,37)(H,34,35)(H,39,40). The van der Waals surface area contributed by atoms with Gasteiger partial charge in [-0.25, -0.2) is 4.79 Å². The SMILES string of the molecule is CC(C)CC(NC(=O)C(CCC(=O)O)NC(=O)C(Cc1ccccc1)NC(=O)C(N)Cc1ccccc1)C(=O)O. The minimum atomic E-state index is -1.34. The number of carboxylic acid groups (broad SMARTS) is 2. The molecule has 0 radical (unpaired) electrons. The molecule has 40 heavy (non-hydrogen) atoms. The molecule has 0 aliphatic rings. The molecule has 4 unspecified atom stereocenters. The van der Waals surface area contributed by atoms with Crippen molar-refractivity contribution in [2.75, 3.05) is 0 Å². The van der Waals surface area contributed by atoms with Gasteiger partial charge in [0.1, 0.15) is 18.1 Å². The molecular formula is C29H38N4O7. The molecular weight excluding hydrogens is 516 g/mol. The molecule has 0 heterocycles. The van der Waals surface area contributed by atoms with Gasteiger partial charge in [-0.1, -0.05) is 74.5 Å². The molecule has 4 atom stereocenters. The smallest absolute Gasteiger partial charge is 0.326 e. The maximum atomic E-state index is 13.4. The predicted molar refractivity (Wildman–Crippen MR) is 148 cm³/mol. The highest BCUT2D eigenvalue weighted by Gasteiger charge is 2.31. The van der Waals surface area contributed by atoms with Gasteiger partial charge in [-0.15, -0.1) is 0 Å². The number of hydrogen-bond donors (Lipinski definition) is 6. The van der Waals surface area contributed by atoms with Gasteiger partial charge in [0.05, 0.1) is 6.04 Å². The number of nitrogens with one attached hydrogen (secondary N) is 3. The van der Waals surface area contributed by atoms with E-state index in [0.29, 0.717) is 0 Å². The lowest BCUT2D eigenvalue weighted by molar-refractivity contribution is -0.143. The molecule has 0 spiro atoms. The van der Waals surface area contributed by atoms with E-state index >= 15 is 0 Å². The van der Waals surface area contributed by atoms with Gasteiger partial charge in [0, 0.05) is 12.8 Å². The van der Waals surface area contributed by atoms with Crippen LogP contribution in [-0.2, 0) is 36.8 Å². The Morgan fingerprint density at radius 2 is 1.18 bits per heavy atom. The van der Waals surface area contributed by atoms with Crippen molar-refractivity contribution in [3.63, 3.8) is 0 Å². The fourth-order valence-electron chi connectivity index (χ4n) is 4.07. The second-order valence-electron chi connectivity index (χ2n) is 10.1. The molecule has 2 rings (SSSR count). The molecule has 0 bridgehead atoms. The van der Waals surface area contributed by atoms with E-state index in [1.54, 1.807) is 44.2 Å². The van der Waals surface area contributed by atoms with Crippen LogP contribution in [0.4, 0.5) is 0 Å². The molecule has 11 nitrogen and oxygen atoms in total. The molecule has 3 amide bonds. The quantitative estimate of drug-likeness (QED) is 0.179. The summed E-state index contributed by atoms with van der Waals surface area (Å²) in [5.74, 6) is -4.61. The van der Waals surface area contributed by atoms with Crippen LogP contribution >= 0.6 is 0 Å². The molecule has 7 N–H and O–H groups in total. The summed E-state index contributed by atoms with van der Waals surface area (Å²) in [7, 11) is 0. The van der Waals surface area contributed by atoms with Gasteiger partial charge in [-0.2, -0.15) is 0 Å². The number of carbonyl (C=O) groups is 5. The summed E-state index contributed by atoms with van der Waals surface area (Å²) < 4.78 is 0. The number of hydrogen-bond acceptors (Lipinski definition) is 6. The van der Waals surface area contributed by atoms with E-state index < -0.39 is 60.2 Å². The van der Waals surface area contributed by atoms with Gasteiger partial charge >= 0.3 is 11.9 Å². The van der Waals surface area contributed by atoms with Crippen molar-refractivity contribution in [2.45, 2.75) is 70.1 Å². The number of rotatable bonds is 16. The van der Waals surface area contributed by atoms with Crippen LogP contribution in [0.15, 0.2) is 60.7 Å². The van der Waals surface area contributed by atoms with E-state index in [1.807, 2.05) is 30.3 Å². The van der Waals surface area contributed by atoms with Crippen LogP contribution in [0.5, 0.6) is 0 Å². The van der Waals surface area contributed by atoms with Crippen LogP contribution in [0.25, 0.3) is 0 Å². The maximum Gasteiger partial charge on any atom is 0.326 e. The molecule has 0 aromatic heterocycles. The number of benzene rings is 2. The highest BCUT2D eigenvalue weighted by Crippen LogP contribution is 2.09. The number of carboxylic acids is 2. The zero-order chi connectivity index (χ0) is 29.7. The lowest BCUT2D eigenvalue weighted by Crippen LogP contribution is -2.58. The highest BCUT2D eigenvalue weighted by atomic mass is 16.4. The third-order valence-electron chi connectivity index (χ3n) is 6.15. The largest absolute Gasteiger partial charge is 0.481 e. The van der Waals surface area contributed by atoms with Crippen molar-refractivity contribution in [1.82, 2.24) is 16.0 Å². The number of amides is 3. The molecule has 2 aromatic carbocycles. The van der Waals surface area contributed by atoms with Crippen molar-refractivity contribution >= 4 is 29.7 Å². The van der Waals surface area contributed by atoms with E-state index in [2.05, 4.69) is 16.0 Å². The Morgan fingerprint density at radius 3 is 1.68 bits per heavy atom. The molecule has 0 saturated heterocycles. The van der Waals surface area contributed by atoms with Crippen molar-refractivity contribution in [3.8, 4) is 0 Å². The van der Waals surface area contributed by atoms with E-state index in [1.165, 1.54) is 0 Å². The lowest BCUT2D eigenvalue weighted by atomic mass is 10.0. The second kappa shape index (κ2) is 16.0. The Kier molecular flexibility index (Phi) is 12.8. The number of carbonyl (C=O) groups excluding carboxylic acids is 3. The summed E-state index contributed by atoms with van der Waals surface area (Å²) in [6.07, 6.45) is -0.262. The predicted octanol–water partition coefficient (Wildman–Crippen LogP) is 1.25. The minimum absolute atomic E-state index is 0.0426. The summed E-state index contributed by atoms with van der Waals surface area (Å²) in [5.41, 5.74) is 7.69. The highest BCUT2D eigenvalue weighted by molar-refractivity contribution is 5.94. The number of aliphatic carboxylic acids is 2. The maximum absolute atomic E-state index is 13.4. The van der Waals surface area contributed by atoms with Gasteiger partial charge < -0.3 is 31.9 Å². The molecule has 216 valence electrons. The second-order valence-corrected chi connectivity index (χ2v) is 10.1. The van der Waals surface area contributed by atoms with Gasteiger partial charge in [0.2, 0.25) is 17.7 Å². The van der Waals surface area contributed by atoms with Crippen LogP contribution in [0, 0.1) is 5.92 Å². The normalized spacial score (nSPS) is 13.9. The van der Waals surface area contributed by atoms with Crippen molar-refractivity contribution in [3.05, 3.63) is 71.8 Å². The minimum Gasteiger partial charge on any atom is -0.481 e. The van der Waals surface area contributed by atoms with E-state index in [-0.39, 0.29) is 31.6 Å². The van der Waals surface area contributed by atoms with Crippen LogP contribution < -0.4 is 21.7 Å². The average Bonchev–Trinajstić information content (AvgIpc) is 2.90. The molecule has 0 fully saturated rings. The Balaban J connectivity index is 2.22. The third-order valence-corrected chi connectivity index (χ3v) is 6.15. The number of nitrogens with two attached hydrogens (primary N) is 1. The monoisotopic (exact) mass is 554 g/mol. The van der Waals surface area contributed by atoms with Gasteiger partial charge in [-0.3, -0.25) is 19.2 Å². The first-order chi connectivity index (χ1) is 19.0. The third kappa shape index (κ3) is 11.2. The van der Waals surface area contributed by atoms with Gasteiger partial charge in [-0.05, 0) is 36.3 Å². The van der Waals surface area contributed by atoms with Crippen LogP contribution in [-0.4, -0.2) is 64.0 Å². The fourth-order valence-corrected chi connectivity index (χ4v) is 4.07. The van der Waals surface area contributed by atoms with Gasteiger partial charge in [0.15, 0.2) is 0 Å². The molecule has 0 saturated carbocycles. The molecule has 2 aromatic rings. The Labute approximate surface area is 233 Å². The van der Waals surface area contributed by atoms with E-state index in [9.17, 15) is 29.1 Å². The van der Waals surface area contributed by atoms with E-state index in [0.717, 1.165) is 11.1 Å². The Hall–Kier alpha value is -4.25. The summed E-state index contributed by atoms with van der Waals surface area (Å²) in [6.45, 7) is 3.59. The van der Waals surface area contributed by atoms with Crippen molar-refractivity contribution < 1.29 is 34.2 Å². The van der Waals surface area contributed by atoms with Crippen molar-refractivity contribution in [1.29, 1.82) is 0 Å². The Bertz CT molecular complexity index is 1140. The van der Waals surface area contributed by atoms with Gasteiger partial charge in [0.25, 0.3) is 0 Å². The topological polar surface area (TPSA) is 188 Å². The first-order valence-corrected chi connectivity index (χ1v) is 13.1. The molecule has 0 aliphatic heterocycles. The van der Waals surface area contributed by atoms with Crippen LogP contribution in [0.2, 0.25) is 0 Å². The fraction of sp³-hybridized carbons (Fsp3) is 0.414. The summed E-state index contributed by atoms with van der Waals surface area (Å²) >= 11 is 0. The lowest BCUT2D eigenvalue weighted by Gasteiger charge is -2.25. The summed E-state index contributed by atoms with van der Waals surface area (Å²) in [4.78, 5) is 62.3. The first-order valence-electron chi connectivity index (χ1n) is 13.1. The van der Waals surface area contributed by atoms with E-state index in [4.69, 9.17) is 10.8 Å². The van der Waals surface area contributed by atoms with Crippen LogP contribution in [0.1, 0.15) is 44.2 Å². The Morgan fingerprint density at radius 1 is 0.700 bits per heavy atom. The summed E-state index contributed by atoms with van der Waals surface area (Å²) in [5, 5.41) is 26.3. The average molecular weight is 555 g/mol. The summed E-state index contributed by atoms with van der Waals surface area (Å²) in [6, 6.07) is 13.4. The zero-order valence-corrected chi connectivity index (χ0v) is 22.7. The zero-order valence-electron chi connectivity index (χ0n) is 22.7. The first kappa shape index (κ1) is 32.0. The van der Waals surface area contributed by atoms with Crippen molar-refractivity contribution in [2.24, 2.45) is 11.7 Å². The molecule has 0 aliphatic carbocycles. The van der Waals surface area contributed by atoms with Crippen LogP contribution in [0.3, 0.4) is 0 Å².